The molecular weight excluding hydrogens is 378 g/mol. The zero-order chi connectivity index (χ0) is 22.6. The van der Waals surface area contributed by atoms with Crippen LogP contribution in [0.2, 0.25) is 0 Å². The van der Waals surface area contributed by atoms with Crippen LogP contribution in [0.25, 0.3) is 0 Å². The third-order valence-electron chi connectivity index (χ3n) is 5.48. The second kappa shape index (κ2) is 20.0. The van der Waals surface area contributed by atoms with E-state index in [0.717, 1.165) is 25.7 Å². The van der Waals surface area contributed by atoms with Crippen LogP contribution in [-0.2, 0) is 4.79 Å². The Morgan fingerprint density at radius 1 is 0.833 bits per heavy atom. The molecule has 0 radical (unpaired) electrons. The molecule has 0 saturated heterocycles. The molecule has 0 bridgehead atoms. The van der Waals surface area contributed by atoms with E-state index in [1.807, 2.05) is 0 Å². The van der Waals surface area contributed by atoms with E-state index in [0.29, 0.717) is 12.5 Å². The SMILES string of the molecule is CC(O)N(C(C)O)C1CC1.CCCCCCCC/C=C\CCCCCCCC(=O)O. The van der Waals surface area contributed by atoms with Crippen molar-refractivity contribution in [2.45, 2.75) is 142 Å². The van der Waals surface area contributed by atoms with Crippen LogP contribution in [0.15, 0.2) is 12.2 Å². The molecule has 3 N–H and O–H groups in total. The summed E-state index contributed by atoms with van der Waals surface area (Å²) in [5.74, 6) is -0.664. The molecule has 0 heterocycles. The van der Waals surface area contributed by atoms with Gasteiger partial charge in [0.2, 0.25) is 0 Å². The van der Waals surface area contributed by atoms with Gasteiger partial charge in [0, 0.05) is 12.5 Å². The second-order valence-electron chi connectivity index (χ2n) is 8.67. The van der Waals surface area contributed by atoms with Crippen molar-refractivity contribution in [3.05, 3.63) is 12.2 Å². The highest BCUT2D eigenvalue weighted by atomic mass is 16.4. The lowest BCUT2D eigenvalue weighted by molar-refractivity contribution is -0.137. The Hall–Kier alpha value is -0.910. The van der Waals surface area contributed by atoms with E-state index in [9.17, 15) is 4.79 Å². The van der Waals surface area contributed by atoms with Gasteiger partial charge >= 0.3 is 5.97 Å². The van der Waals surface area contributed by atoms with Crippen LogP contribution < -0.4 is 0 Å². The predicted octanol–water partition coefficient (Wildman–Crippen LogP) is 6.24. The fraction of sp³-hybridized carbons (Fsp3) is 0.880. The van der Waals surface area contributed by atoms with Gasteiger partial charge in [-0.05, 0) is 58.8 Å². The number of aliphatic hydroxyl groups is 2. The van der Waals surface area contributed by atoms with E-state index in [4.69, 9.17) is 15.3 Å². The number of aliphatic carboxylic acids is 1. The number of rotatable bonds is 18. The predicted molar refractivity (Wildman–Crippen MR) is 125 cm³/mol. The number of aliphatic hydroxyl groups excluding tert-OH is 2. The van der Waals surface area contributed by atoms with Crippen molar-refractivity contribution < 1.29 is 20.1 Å². The largest absolute Gasteiger partial charge is 0.481 e. The van der Waals surface area contributed by atoms with Gasteiger partial charge in [0.1, 0.15) is 12.5 Å². The number of carboxylic acids is 1. The van der Waals surface area contributed by atoms with Crippen molar-refractivity contribution >= 4 is 5.97 Å². The first kappa shape index (κ1) is 29.1. The average molecular weight is 428 g/mol. The third kappa shape index (κ3) is 19.1. The van der Waals surface area contributed by atoms with Crippen molar-refractivity contribution in [3.63, 3.8) is 0 Å². The lowest BCUT2D eigenvalue weighted by atomic mass is 10.1. The van der Waals surface area contributed by atoms with E-state index >= 15 is 0 Å². The molecule has 1 fully saturated rings. The van der Waals surface area contributed by atoms with Crippen LogP contribution in [0, 0.1) is 0 Å². The summed E-state index contributed by atoms with van der Waals surface area (Å²) in [5.41, 5.74) is 0. The summed E-state index contributed by atoms with van der Waals surface area (Å²) in [6, 6.07) is 0.417. The average Bonchev–Trinajstić information content (AvgIpc) is 3.49. The first-order valence-electron chi connectivity index (χ1n) is 12.4. The highest BCUT2D eigenvalue weighted by molar-refractivity contribution is 5.66. The Balaban J connectivity index is 0.000000696. The highest BCUT2D eigenvalue weighted by Crippen LogP contribution is 2.29. The summed E-state index contributed by atoms with van der Waals surface area (Å²) >= 11 is 0. The fourth-order valence-electron chi connectivity index (χ4n) is 3.64. The maximum atomic E-state index is 10.3. The second-order valence-corrected chi connectivity index (χ2v) is 8.67. The van der Waals surface area contributed by atoms with Crippen molar-refractivity contribution in [2.75, 3.05) is 0 Å². The van der Waals surface area contributed by atoms with Gasteiger partial charge in [0.25, 0.3) is 0 Å². The number of nitrogens with zero attached hydrogens (tertiary/aromatic N) is 1. The summed E-state index contributed by atoms with van der Waals surface area (Å²) in [4.78, 5) is 12.0. The van der Waals surface area contributed by atoms with Crippen LogP contribution in [-0.4, -0.2) is 44.7 Å². The van der Waals surface area contributed by atoms with Crippen LogP contribution in [0.1, 0.15) is 124 Å². The Morgan fingerprint density at radius 2 is 1.27 bits per heavy atom. The monoisotopic (exact) mass is 427 g/mol. The number of allylic oxidation sites excluding steroid dienone is 2. The number of hydrogen-bond acceptors (Lipinski definition) is 4. The molecule has 0 aliphatic heterocycles. The molecule has 0 aromatic carbocycles. The minimum absolute atomic E-state index is 0.332. The Kier molecular flexibility index (Phi) is 19.4. The summed E-state index contributed by atoms with van der Waals surface area (Å²) in [6.45, 7) is 5.63. The highest BCUT2D eigenvalue weighted by Gasteiger charge is 2.33. The quantitative estimate of drug-likeness (QED) is 0.137. The van der Waals surface area contributed by atoms with Crippen LogP contribution in [0.5, 0.6) is 0 Å². The molecule has 1 aliphatic carbocycles. The zero-order valence-electron chi connectivity index (χ0n) is 19.9. The van der Waals surface area contributed by atoms with E-state index in [1.54, 1.807) is 18.7 Å². The van der Waals surface area contributed by atoms with Crippen LogP contribution in [0.3, 0.4) is 0 Å². The van der Waals surface area contributed by atoms with Gasteiger partial charge in [-0.25, -0.2) is 0 Å². The molecule has 178 valence electrons. The van der Waals surface area contributed by atoms with E-state index in [-0.39, 0.29) is 0 Å². The van der Waals surface area contributed by atoms with Gasteiger partial charge in [0.15, 0.2) is 0 Å². The number of carbonyl (C=O) groups is 1. The molecule has 5 heteroatoms. The van der Waals surface area contributed by atoms with Gasteiger partial charge in [-0.2, -0.15) is 0 Å². The Bertz CT molecular complexity index is 409. The van der Waals surface area contributed by atoms with Crippen LogP contribution >= 0.6 is 0 Å². The minimum Gasteiger partial charge on any atom is -0.481 e. The van der Waals surface area contributed by atoms with Crippen molar-refractivity contribution in [1.82, 2.24) is 4.90 Å². The zero-order valence-corrected chi connectivity index (χ0v) is 19.9. The van der Waals surface area contributed by atoms with Crippen LogP contribution in [0.4, 0.5) is 0 Å². The van der Waals surface area contributed by atoms with E-state index in [2.05, 4.69) is 19.1 Å². The lowest BCUT2D eigenvalue weighted by Crippen LogP contribution is -2.41. The number of hydrogen-bond donors (Lipinski definition) is 3. The van der Waals surface area contributed by atoms with Gasteiger partial charge in [-0.15, -0.1) is 0 Å². The van der Waals surface area contributed by atoms with Crippen molar-refractivity contribution in [1.29, 1.82) is 0 Å². The molecule has 1 aliphatic rings. The molecule has 0 amide bonds. The molecular formula is C25H49NO4. The normalized spacial score (nSPS) is 15.8. The summed E-state index contributed by atoms with van der Waals surface area (Å²) in [7, 11) is 0. The summed E-state index contributed by atoms with van der Waals surface area (Å²) in [6.07, 6.45) is 22.4. The maximum absolute atomic E-state index is 10.3. The fourth-order valence-corrected chi connectivity index (χ4v) is 3.64. The molecule has 5 nitrogen and oxygen atoms in total. The van der Waals surface area contributed by atoms with Gasteiger partial charge in [0.05, 0.1) is 0 Å². The molecule has 1 rings (SSSR count). The molecule has 2 atom stereocenters. The Labute approximate surface area is 185 Å². The minimum atomic E-state index is -0.664. The summed E-state index contributed by atoms with van der Waals surface area (Å²) in [5, 5.41) is 26.8. The molecule has 0 aromatic heterocycles. The lowest BCUT2D eigenvalue weighted by Gasteiger charge is -2.27. The Morgan fingerprint density at radius 3 is 1.63 bits per heavy atom. The number of carboxylic acid groups (broad SMARTS) is 1. The van der Waals surface area contributed by atoms with E-state index in [1.165, 1.54) is 70.6 Å². The van der Waals surface area contributed by atoms with Gasteiger partial charge in [-0.1, -0.05) is 70.4 Å². The molecule has 0 aromatic rings. The van der Waals surface area contributed by atoms with E-state index < -0.39 is 18.4 Å². The van der Waals surface area contributed by atoms with Crippen molar-refractivity contribution in [2.24, 2.45) is 0 Å². The first-order chi connectivity index (χ1) is 14.4. The molecule has 30 heavy (non-hydrogen) atoms. The maximum Gasteiger partial charge on any atom is 0.303 e. The third-order valence-corrected chi connectivity index (χ3v) is 5.48. The standard InChI is InChI=1S/C18H34O2.C7H15NO2/c1-2-3-4-5-6-7-8-9-10-11-12-13-14-15-16-17-18(19)20;1-5(9)8(6(2)10)7-3-4-7/h9-10H,2-8,11-17H2,1H3,(H,19,20);5-7,9-10H,3-4H2,1-2H3/b10-9-;. The van der Waals surface area contributed by atoms with Gasteiger partial charge < -0.3 is 15.3 Å². The molecule has 1 saturated carbocycles. The number of unbranched alkanes of at least 4 members (excludes halogenated alkanes) is 11. The van der Waals surface area contributed by atoms with Crippen molar-refractivity contribution in [3.8, 4) is 0 Å². The topological polar surface area (TPSA) is 81.0 Å². The van der Waals surface area contributed by atoms with Gasteiger partial charge in [-0.3, -0.25) is 9.69 Å². The molecule has 0 spiro atoms. The molecule has 2 unspecified atom stereocenters. The first-order valence-corrected chi connectivity index (χ1v) is 12.4. The summed E-state index contributed by atoms with van der Waals surface area (Å²) < 4.78 is 0. The smallest absolute Gasteiger partial charge is 0.303 e.